The molecule has 1 aliphatic heterocycles. The topological polar surface area (TPSA) is 97.2 Å². The number of benzene rings is 1. The molecule has 184 valence electrons. The molecule has 3 heterocycles. The predicted molar refractivity (Wildman–Crippen MR) is 137 cm³/mol. The standard InChI is InChI=1S/C23H23Cl2N5O3S2/c24-23(25)11-7-16(8-12-23)22(31)26-15-18-5-6-21(34-18)35(32,33)29-13-9-17(10-14-29)30-20-4-2-1-3-19(20)27-28-30/h1-8,11-12,16-17H,9-10,13-15H2,(H,26,31). The Balaban J connectivity index is 1.18. The summed E-state index contributed by atoms with van der Waals surface area (Å²) in [6.07, 6.45) is 7.73. The van der Waals surface area contributed by atoms with Gasteiger partial charge in [0.25, 0.3) is 10.0 Å². The second-order valence-corrected chi connectivity index (χ2v) is 13.3. The van der Waals surface area contributed by atoms with E-state index in [1.807, 2.05) is 28.9 Å². The van der Waals surface area contributed by atoms with Gasteiger partial charge in [-0.05, 0) is 49.3 Å². The van der Waals surface area contributed by atoms with Crippen LogP contribution in [0.25, 0.3) is 11.0 Å². The lowest BCUT2D eigenvalue weighted by molar-refractivity contribution is -0.122. The first kappa shape index (κ1) is 24.5. The minimum atomic E-state index is -3.61. The fraction of sp³-hybridized carbons (Fsp3) is 0.348. The molecule has 0 bridgehead atoms. The maximum Gasteiger partial charge on any atom is 0.252 e. The van der Waals surface area contributed by atoms with Crippen molar-refractivity contribution in [2.24, 2.45) is 5.92 Å². The van der Waals surface area contributed by atoms with Gasteiger partial charge in [0.2, 0.25) is 5.91 Å². The van der Waals surface area contributed by atoms with E-state index in [-0.39, 0.29) is 22.7 Å². The summed E-state index contributed by atoms with van der Waals surface area (Å²) in [7, 11) is -3.61. The van der Waals surface area contributed by atoms with Crippen molar-refractivity contribution in [2.75, 3.05) is 13.1 Å². The highest BCUT2D eigenvalue weighted by atomic mass is 35.5. The predicted octanol–water partition coefficient (Wildman–Crippen LogP) is 4.05. The average molecular weight is 553 g/mol. The van der Waals surface area contributed by atoms with Crippen LogP contribution in [0.2, 0.25) is 0 Å². The molecule has 1 amide bonds. The number of aromatic nitrogens is 3. The number of rotatable bonds is 6. The molecule has 12 heteroatoms. The van der Waals surface area contributed by atoms with Crippen molar-refractivity contribution < 1.29 is 13.2 Å². The van der Waals surface area contributed by atoms with Crippen LogP contribution in [-0.4, -0.2) is 51.0 Å². The summed E-state index contributed by atoms with van der Waals surface area (Å²) in [6.45, 7) is 1.06. The van der Waals surface area contributed by atoms with Crippen molar-refractivity contribution in [3.8, 4) is 0 Å². The van der Waals surface area contributed by atoms with Crippen molar-refractivity contribution in [3.05, 3.63) is 65.6 Å². The lowest BCUT2D eigenvalue weighted by atomic mass is 10.0. The van der Waals surface area contributed by atoms with Crippen LogP contribution in [0, 0.1) is 5.92 Å². The summed E-state index contributed by atoms with van der Waals surface area (Å²) in [5, 5.41) is 11.3. The fourth-order valence-corrected chi connectivity index (χ4v) is 7.46. The highest BCUT2D eigenvalue weighted by Crippen LogP contribution is 2.32. The highest BCUT2D eigenvalue weighted by Gasteiger charge is 2.32. The smallest absolute Gasteiger partial charge is 0.252 e. The molecule has 0 atom stereocenters. The number of alkyl halides is 2. The lowest BCUT2D eigenvalue weighted by Crippen LogP contribution is -2.38. The van der Waals surface area contributed by atoms with Crippen molar-refractivity contribution in [1.82, 2.24) is 24.6 Å². The molecule has 0 radical (unpaired) electrons. The number of carbonyl (C=O) groups is 1. The number of allylic oxidation sites excluding steroid dienone is 2. The maximum atomic E-state index is 13.2. The quantitative estimate of drug-likeness (QED) is 0.368. The first-order valence-corrected chi connectivity index (χ1v) is 14.2. The van der Waals surface area contributed by atoms with Gasteiger partial charge in [0, 0.05) is 18.0 Å². The molecular weight excluding hydrogens is 529 g/mol. The first-order valence-electron chi connectivity index (χ1n) is 11.2. The van der Waals surface area contributed by atoms with E-state index in [2.05, 4.69) is 15.6 Å². The van der Waals surface area contributed by atoms with Crippen molar-refractivity contribution >= 4 is 61.5 Å². The summed E-state index contributed by atoms with van der Waals surface area (Å²) < 4.78 is 29.1. The Kier molecular flexibility index (Phi) is 6.75. The molecule has 1 aromatic carbocycles. The van der Waals surface area contributed by atoms with Crippen LogP contribution in [0.1, 0.15) is 23.8 Å². The Bertz CT molecular complexity index is 1390. The van der Waals surface area contributed by atoms with Gasteiger partial charge >= 0.3 is 0 Å². The lowest BCUT2D eigenvalue weighted by Gasteiger charge is -2.30. The van der Waals surface area contributed by atoms with Crippen LogP contribution in [0.3, 0.4) is 0 Å². The number of halogens is 2. The summed E-state index contributed by atoms with van der Waals surface area (Å²) >= 11 is 13.1. The number of carbonyl (C=O) groups excluding carboxylic acids is 1. The molecule has 8 nitrogen and oxygen atoms in total. The van der Waals surface area contributed by atoms with Crippen LogP contribution in [0.5, 0.6) is 0 Å². The Labute approximate surface area is 217 Å². The van der Waals surface area contributed by atoms with E-state index >= 15 is 0 Å². The van der Waals surface area contributed by atoms with E-state index in [1.54, 1.807) is 36.4 Å². The zero-order chi connectivity index (χ0) is 24.6. The third-order valence-corrected chi connectivity index (χ3v) is 10.1. The number of sulfonamides is 1. The Morgan fingerprint density at radius 2 is 1.83 bits per heavy atom. The number of thiophene rings is 1. The average Bonchev–Trinajstić information content (AvgIpc) is 3.50. The van der Waals surface area contributed by atoms with E-state index < -0.39 is 20.3 Å². The second kappa shape index (κ2) is 9.67. The molecule has 1 N–H and O–H groups in total. The van der Waals surface area contributed by atoms with Crippen LogP contribution in [-0.2, 0) is 21.4 Å². The summed E-state index contributed by atoms with van der Waals surface area (Å²) in [5.41, 5.74) is 1.80. The number of amides is 1. The van der Waals surface area contributed by atoms with Gasteiger partial charge in [-0.25, -0.2) is 13.1 Å². The van der Waals surface area contributed by atoms with Crippen LogP contribution >= 0.6 is 34.5 Å². The van der Waals surface area contributed by atoms with Gasteiger partial charge in [0.15, 0.2) is 4.33 Å². The number of para-hydroxylation sites is 1. The molecule has 0 spiro atoms. The maximum absolute atomic E-state index is 13.2. The molecule has 0 unspecified atom stereocenters. The van der Waals surface area contributed by atoms with Crippen molar-refractivity contribution in [1.29, 1.82) is 0 Å². The zero-order valence-electron chi connectivity index (χ0n) is 18.5. The van der Waals surface area contributed by atoms with E-state index in [1.165, 1.54) is 15.6 Å². The third kappa shape index (κ3) is 5.17. The third-order valence-electron chi connectivity index (χ3n) is 6.17. The first-order chi connectivity index (χ1) is 16.7. The van der Waals surface area contributed by atoms with Crippen LogP contribution in [0.15, 0.2) is 64.9 Å². The second-order valence-electron chi connectivity index (χ2n) is 8.52. The minimum absolute atomic E-state index is 0.105. The van der Waals surface area contributed by atoms with Gasteiger partial charge in [-0.1, -0.05) is 52.7 Å². The summed E-state index contributed by atoms with van der Waals surface area (Å²) in [4.78, 5) is 13.2. The molecule has 1 fully saturated rings. The summed E-state index contributed by atoms with van der Waals surface area (Å²) in [5.74, 6) is -0.672. The molecular formula is C23H23Cl2N5O3S2. The number of hydrogen-bond donors (Lipinski definition) is 1. The SMILES string of the molecule is O=C(NCc1ccc(S(=O)(=O)N2CCC(n3nnc4ccccc43)CC2)s1)C1C=CC(Cl)(Cl)C=C1. The van der Waals surface area contributed by atoms with E-state index in [0.717, 1.165) is 15.9 Å². The van der Waals surface area contributed by atoms with Gasteiger partial charge in [-0.15, -0.1) is 16.4 Å². The highest BCUT2D eigenvalue weighted by molar-refractivity contribution is 7.91. The van der Waals surface area contributed by atoms with Gasteiger partial charge < -0.3 is 5.32 Å². The molecule has 3 aromatic rings. The van der Waals surface area contributed by atoms with E-state index in [4.69, 9.17) is 23.2 Å². The molecule has 1 saturated heterocycles. The van der Waals surface area contributed by atoms with Gasteiger partial charge in [-0.3, -0.25) is 4.79 Å². The van der Waals surface area contributed by atoms with Crippen molar-refractivity contribution in [2.45, 2.75) is 34.0 Å². The molecule has 1 aliphatic carbocycles. The number of piperidine rings is 1. The zero-order valence-corrected chi connectivity index (χ0v) is 21.7. The Morgan fingerprint density at radius 1 is 1.11 bits per heavy atom. The van der Waals surface area contributed by atoms with Crippen LogP contribution in [0.4, 0.5) is 0 Å². The molecule has 5 rings (SSSR count). The minimum Gasteiger partial charge on any atom is -0.350 e. The number of nitrogens with one attached hydrogen (secondary N) is 1. The molecule has 2 aliphatic rings. The van der Waals surface area contributed by atoms with E-state index in [0.29, 0.717) is 25.9 Å². The van der Waals surface area contributed by atoms with Gasteiger partial charge in [0.1, 0.15) is 9.73 Å². The fourth-order valence-electron chi connectivity index (χ4n) is 4.25. The van der Waals surface area contributed by atoms with Crippen molar-refractivity contribution in [3.63, 3.8) is 0 Å². The number of fused-ring (bicyclic) bond motifs is 1. The number of nitrogens with zero attached hydrogens (tertiary/aromatic N) is 4. The largest absolute Gasteiger partial charge is 0.350 e. The molecule has 35 heavy (non-hydrogen) atoms. The number of hydrogen-bond acceptors (Lipinski definition) is 6. The molecule has 2 aromatic heterocycles. The van der Waals surface area contributed by atoms with E-state index in [9.17, 15) is 13.2 Å². The summed E-state index contributed by atoms with van der Waals surface area (Å²) in [6, 6.07) is 11.2. The Hall–Kier alpha value is -2.24. The monoisotopic (exact) mass is 551 g/mol. The van der Waals surface area contributed by atoms with Crippen LogP contribution < -0.4 is 5.32 Å². The Morgan fingerprint density at radius 3 is 2.57 bits per heavy atom. The van der Waals surface area contributed by atoms with Gasteiger partial charge in [0.05, 0.1) is 24.0 Å². The molecule has 0 saturated carbocycles. The van der Waals surface area contributed by atoms with Gasteiger partial charge in [-0.2, -0.15) is 4.31 Å². The normalized spacial score (nSPS) is 19.4.